The summed E-state index contributed by atoms with van der Waals surface area (Å²) in [4.78, 5) is 15.3. The highest BCUT2D eigenvalue weighted by Gasteiger charge is 2.12. The first-order valence-electron chi connectivity index (χ1n) is 9.87. The zero-order valence-corrected chi connectivity index (χ0v) is 16.3. The zero-order chi connectivity index (χ0) is 19.2. The number of ether oxygens (including phenoxy) is 1. The maximum atomic E-state index is 13.7. The predicted molar refractivity (Wildman–Crippen MR) is 107 cm³/mol. The van der Waals surface area contributed by atoms with Gasteiger partial charge in [-0.15, -0.1) is 0 Å². The second kappa shape index (κ2) is 9.44. The average Bonchev–Trinajstić information content (AvgIpc) is 2.65. The molecule has 2 heterocycles. The van der Waals surface area contributed by atoms with Gasteiger partial charge in [-0.25, -0.2) is 4.39 Å². The third-order valence-electron chi connectivity index (χ3n) is 4.93. The Morgan fingerprint density at radius 3 is 2.74 bits per heavy atom. The van der Waals surface area contributed by atoms with Crippen molar-refractivity contribution in [1.82, 2.24) is 14.8 Å². The van der Waals surface area contributed by atoms with E-state index >= 15 is 0 Å². The van der Waals surface area contributed by atoms with Gasteiger partial charge in [0.1, 0.15) is 5.82 Å². The van der Waals surface area contributed by atoms with Crippen LogP contribution in [0.1, 0.15) is 25.8 Å². The third-order valence-corrected chi connectivity index (χ3v) is 4.93. The first-order valence-corrected chi connectivity index (χ1v) is 9.87. The van der Waals surface area contributed by atoms with Crippen molar-refractivity contribution >= 4 is 10.9 Å². The monoisotopic (exact) mass is 375 g/mol. The summed E-state index contributed by atoms with van der Waals surface area (Å²) in [7, 11) is 0. The number of aromatic nitrogens is 1. The molecule has 1 aliphatic rings. The van der Waals surface area contributed by atoms with Gasteiger partial charge in [0.15, 0.2) is 0 Å². The van der Waals surface area contributed by atoms with Crippen molar-refractivity contribution in [2.24, 2.45) is 5.92 Å². The molecule has 0 saturated carbocycles. The molecular formula is C21H30FN3O2. The number of rotatable bonds is 8. The van der Waals surface area contributed by atoms with Gasteiger partial charge in [-0.2, -0.15) is 0 Å². The number of hydrogen-bond acceptors (Lipinski definition) is 4. The molecule has 0 spiro atoms. The van der Waals surface area contributed by atoms with Crippen molar-refractivity contribution in [3.63, 3.8) is 0 Å². The van der Waals surface area contributed by atoms with Crippen molar-refractivity contribution in [3.8, 4) is 0 Å². The number of halogens is 1. The largest absolute Gasteiger partial charge is 0.379 e. The molecule has 6 heteroatoms. The molecule has 1 aromatic carbocycles. The van der Waals surface area contributed by atoms with Crippen molar-refractivity contribution in [3.05, 3.63) is 46.0 Å². The molecule has 1 N–H and O–H groups in total. The van der Waals surface area contributed by atoms with Crippen LogP contribution in [0, 0.1) is 11.7 Å². The minimum Gasteiger partial charge on any atom is -0.379 e. The lowest BCUT2D eigenvalue weighted by Gasteiger charge is -2.26. The van der Waals surface area contributed by atoms with Crippen LogP contribution >= 0.6 is 0 Å². The summed E-state index contributed by atoms with van der Waals surface area (Å²) in [5.74, 6) is -0.000655. The van der Waals surface area contributed by atoms with Crippen LogP contribution in [-0.2, 0) is 17.8 Å². The molecule has 1 fully saturated rings. The Balaban J connectivity index is 1.66. The molecule has 27 heavy (non-hydrogen) atoms. The number of nitrogens with zero attached hydrogens (tertiary/aromatic N) is 2. The average molecular weight is 375 g/mol. The van der Waals surface area contributed by atoms with Gasteiger partial charge in [-0.05, 0) is 55.1 Å². The Hall–Kier alpha value is -1.76. The van der Waals surface area contributed by atoms with E-state index in [1.54, 1.807) is 10.6 Å². The van der Waals surface area contributed by atoms with E-state index in [0.29, 0.717) is 24.5 Å². The fraction of sp³-hybridized carbons (Fsp3) is 0.571. The molecule has 0 radical (unpaired) electrons. The molecule has 1 aliphatic heterocycles. The lowest BCUT2D eigenvalue weighted by molar-refractivity contribution is 0.0374. The van der Waals surface area contributed by atoms with E-state index in [1.165, 1.54) is 12.1 Å². The lowest BCUT2D eigenvalue weighted by Crippen LogP contribution is -2.37. The summed E-state index contributed by atoms with van der Waals surface area (Å²) >= 11 is 0. The Morgan fingerprint density at radius 2 is 2.00 bits per heavy atom. The summed E-state index contributed by atoms with van der Waals surface area (Å²) in [6.07, 6.45) is 1.04. The molecule has 2 aromatic rings. The number of morpholine rings is 1. The number of hydrogen-bond donors (Lipinski definition) is 1. The maximum Gasteiger partial charge on any atom is 0.255 e. The smallest absolute Gasteiger partial charge is 0.255 e. The molecule has 0 atom stereocenters. The predicted octanol–water partition coefficient (Wildman–Crippen LogP) is 2.61. The quantitative estimate of drug-likeness (QED) is 0.721. The number of nitrogens with one attached hydrogen (secondary N) is 1. The molecule has 0 aliphatic carbocycles. The highest BCUT2D eigenvalue weighted by atomic mass is 19.1. The van der Waals surface area contributed by atoms with Crippen molar-refractivity contribution < 1.29 is 9.13 Å². The molecule has 1 saturated heterocycles. The fourth-order valence-electron chi connectivity index (χ4n) is 3.55. The lowest BCUT2D eigenvalue weighted by atomic mass is 10.1. The normalized spacial score (nSPS) is 15.7. The van der Waals surface area contributed by atoms with Crippen LogP contribution in [0.15, 0.2) is 29.1 Å². The van der Waals surface area contributed by atoms with Gasteiger partial charge in [-0.1, -0.05) is 13.8 Å². The van der Waals surface area contributed by atoms with Crippen LogP contribution in [-0.4, -0.2) is 48.9 Å². The molecule has 0 bridgehead atoms. The number of fused-ring (bicyclic) bond motifs is 1. The van der Waals surface area contributed by atoms with Gasteiger partial charge in [0, 0.05) is 31.7 Å². The zero-order valence-electron chi connectivity index (χ0n) is 16.3. The molecule has 1 aromatic heterocycles. The van der Waals surface area contributed by atoms with Crippen molar-refractivity contribution in [2.45, 2.75) is 33.4 Å². The first kappa shape index (κ1) is 20.0. The van der Waals surface area contributed by atoms with E-state index in [2.05, 4.69) is 24.1 Å². The van der Waals surface area contributed by atoms with Crippen molar-refractivity contribution in [1.29, 1.82) is 0 Å². The van der Waals surface area contributed by atoms with Gasteiger partial charge >= 0.3 is 0 Å². The van der Waals surface area contributed by atoms with Crippen LogP contribution < -0.4 is 10.9 Å². The topological polar surface area (TPSA) is 46.5 Å². The number of pyridine rings is 1. The Labute approximate surface area is 160 Å². The standard InChI is InChI=1S/C21H30FN3O2/c1-16(2)15-25-20-13-19(22)5-4-17(20)12-18(21(25)26)14-23-6-3-7-24-8-10-27-11-9-24/h4-5,12-13,16,23H,3,6-11,14-15H2,1-2H3. The minimum absolute atomic E-state index is 0.0255. The second-order valence-corrected chi connectivity index (χ2v) is 7.67. The summed E-state index contributed by atoms with van der Waals surface area (Å²) in [6.45, 7) is 10.8. The van der Waals surface area contributed by atoms with Crippen LogP contribution in [0.3, 0.4) is 0 Å². The molecular weight excluding hydrogens is 345 g/mol. The van der Waals surface area contributed by atoms with E-state index in [-0.39, 0.29) is 11.4 Å². The third kappa shape index (κ3) is 5.37. The summed E-state index contributed by atoms with van der Waals surface area (Å²) in [6, 6.07) is 6.55. The molecule has 0 unspecified atom stereocenters. The van der Waals surface area contributed by atoms with Gasteiger partial charge in [0.2, 0.25) is 0 Å². The fourth-order valence-corrected chi connectivity index (χ4v) is 3.55. The molecule has 148 valence electrons. The van der Waals surface area contributed by atoms with E-state index in [1.807, 2.05) is 6.07 Å². The van der Waals surface area contributed by atoms with E-state index in [9.17, 15) is 9.18 Å². The Kier molecular flexibility index (Phi) is 6.99. The molecule has 0 amide bonds. The van der Waals surface area contributed by atoms with Crippen LogP contribution in [0.25, 0.3) is 10.9 Å². The summed E-state index contributed by atoms with van der Waals surface area (Å²) < 4.78 is 20.8. The maximum absolute atomic E-state index is 13.7. The van der Waals surface area contributed by atoms with E-state index in [4.69, 9.17) is 4.74 Å². The van der Waals surface area contributed by atoms with Crippen LogP contribution in [0.4, 0.5) is 4.39 Å². The van der Waals surface area contributed by atoms with E-state index < -0.39 is 0 Å². The highest BCUT2D eigenvalue weighted by Crippen LogP contribution is 2.17. The highest BCUT2D eigenvalue weighted by molar-refractivity contribution is 5.79. The number of benzene rings is 1. The van der Waals surface area contributed by atoms with Gasteiger partial charge in [-0.3, -0.25) is 9.69 Å². The summed E-state index contributed by atoms with van der Waals surface area (Å²) in [5, 5.41) is 4.30. The van der Waals surface area contributed by atoms with Crippen molar-refractivity contribution in [2.75, 3.05) is 39.4 Å². The SMILES string of the molecule is CC(C)Cn1c(=O)c(CNCCCN2CCOCC2)cc2ccc(F)cc21. The Morgan fingerprint density at radius 1 is 1.22 bits per heavy atom. The summed E-state index contributed by atoms with van der Waals surface area (Å²) in [5.41, 5.74) is 1.38. The second-order valence-electron chi connectivity index (χ2n) is 7.67. The van der Waals surface area contributed by atoms with Crippen LogP contribution in [0.2, 0.25) is 0 Å². The van der Waals surface area contributed by atoms with Gasteiger partial charge in [0.25, 0.3) is 5.56 Å². The molecule has 5 nitrogen and oxygen atoms in total. The molecule has 3 rings (SSSR count). The Bertz CT molecular complexity index is 813. The van der Waals surface area contributed by atoms with E-state index in [0.717, 1.165) is 56.8 Å². The van der Waals surface area contributed by atoms with Gasteiger partial charge < -0.3 is 14.6 Å². The van der Waals surface area contributed by atoms with Gasteiger partial charge in [0.05, 0.1) is 18.7 Å². The minimum atomic E-state index is -0.312. The van der Waals surface area contributed by atoms with Crippen LogP contribution in [0.5, 0.6) is 0 Å². The first-order chi connectivity index (χ1) is 13.0.